The molecule has 168 valence electrons. The summed E-state index contributed by atoms with van der Waals surface area (Å²) in [6, 6.07) is 29.9. The molecule has 0 aliphatic heterocycles. The van der Waals surface area contributed by atoms with Crippen LogP contribution in [0.15, 0.2) is 91.0 Å². The van der Waals surface area contributed by atoms with Crippen molar-refractivity contribution in [2.24, 2.45) is 0 Å². The van der Waals surface area contributed by atoms with Crippen LogP contribution in [-0.4, -0.2) is 18.1 Å². The first-order chi connectivity index (χ1) is 14.9. The van der Waals surface area contributed by atoms with Gasteiger partial charge in [0.1, 0.15) is 0 Å². The Bertz CT molecular complexity index is 875. The van der Waals surface area contributed by atoms with Crippen molar-refractivity contribution in [1.82, 2.24) is 0 Å². The summed E-state index contributed by atoms with van der Waals surface area (Å²) >= 11 is 0. The van der Waals surface area contributed by atoms with Gasteiger partial charge in [-0.3, -0.25) is 0 Å². The molecule has 1 unspecified atom stereocenters. The maximum absolute atomic E-state index is 10.8. The molecule has 0 heterocycles. The Morgan fingerprint density at radius 2 is 1.29 bits per heavy atom. The second kappa shape index (κ2) is 16.6. The molecular formula is C24H33O4P3. The van der Waals surface area contributed by atoms with E-state index in [1.54, 1.807) is 0 Å². The van der Waals surface area contributed by atoms with Gasteiger partial charge in [-0.2, -0.15) is 0 Å². The summed E-state index contributed by atoms with van der Waals surface area (Å²) in [4.78, 5) is 21.2. The summed E-state index contributed by atoms with van der Waals surface area (Å²) in [6.45, 7) is 4.97. The largest absolute Gasteiger partial charge is 0.106 e. The van der Waals surface area contributed by atoms with Gasteiger partial charge in [-0.25, -0.2) is 0 Å². The summed E-state index contributed by atoms with van der Waals surface area (Å²) in [5, 5.41) is 3.59. The van der Waals surface area contributed by atoms with Gasteiger partial charge in [0, 0.05) is 0 Å². The van der Waals surface area contributed by atoms with Gasteiger partial charge in [0.15, 0.2) is 0 Å². The normalized spacial score (nSPS) is 9.87. The molecule has 0 spiro atoms. The smallest absolute Gasteiger partial charge is 0.0303 e. The molecular weight excluding hydrogens is 445 g/mol. The third-order valence-electron chi connectivity index (χ3n) is 3.93. The van der Waals surface area contributed by atoms with Gasteiger partial charge in [0.25, 0.3) is 0 Å². The van der Waals surface area contributed by atoms with Crippen molar-refractivity contribution in [2.45, 2.75) is 20.8 Å². The zero-order valence-corrected chi connectivity index (χ0v) is 22.1. The van der Waals surface area contributed by atoms with E-state index in [2.05, 4.69) is 16.2 Å². The number of carbonyl (C=O) groups is 2. The first kappa shape index (κ1) is 26.9. The molecule has 3 rings (SSSR count). The fourth-order valence-electron chi connectivity index (χ4n) is 2.47. The zero-order valence-electron chi connectivity index (χ0n) is 18.4. The van der Waals surface area contributed by atoms with Crippen LogP contribution < -0.4 is 15.9 Å². The zero-order chi connectivity index (χ0) is 22.9. The topological polar surface area (TPSA) is 52.6 Å². The first-order valence-electron chi connectivity index (χ1n) is 10.1. The number of benzene rings is 3. The second-order valence-corrected chi connectivity index (χ2v) is 11.4. The molecule has 0 radical (unpaired) electrons. The minimum Gasteiger partial charge on any atom is -0.106 e. The monoisotopic (exact) mass is 478 g/mol. The number of hydrogen-bond donors (Lipinski definition) is 0. The Kier molecular flexibility index (Phi) is 14.4. The molecule has 4 nitrogen and oxygen atoms in total. The van der Waals surface area contributed by atoms with Crippen molar-refractivity contribution >= 4 is 54.0 Å². The maximum Gasteiger partial charge on any atom is -0.0303 e. The summed E-state index contributed by atoms with van der Waals surface area (Å²) in [5.74, 6) is -0.345. The SMILES string of the molecule is CC(=O)O[PH3]c1ccccc1.CC[PH2](OC(C)=O)c1ccccc1.Pc1ccccc1. The Balaban J connectivity index is 0.000000242. The summed E-state index contributed by atoms with van der Waals surface area (Å²) in [5.41, 5.74) is 0. The molecule has 0 saturated heterocycles. The fourth-order valence-corrected chi connectivity index (χ4v) is 5.35. The van der Waals surface area contributed by atoms with E-state index < -0.39 is 17.0 Å². The van der Waals surface area contributed by atoms with Crippen molar-refractivity contribution in [3.05, 3.63) is 91.0 Å². The Morgan fingerprint density at radius 1 is 0.806 bits per heavy atom. The molecule has 0 bridgehead atoms. The van der Waals surface area contributed by atoms with Gasteiger partial charge in [-0.15, -0.1) is 9.24 Å². The van der Waals surface area contributed by atoms with E-state index in [1.165, 1.54) is 24.5 Å². The van der Waals surface area contributed by atoms with E-state index in [-0.39, 0.29) is 11.9 Å². The Labute approximate surface area is 190 Å². The van der Waals surface area contributed by atoms with E-state index in [0.717, 1.165) is 11.5 Å². The predicted octanol–water partition coefficient (Wildman–Crippen LogP) is 3.88. The van der Waals surface area contributed by atoms with Crippen molar-refractivity contribution < 1.29 is 18.6 Å². The number of rotatable bonds is 5. The molecule has 0 aliphatic rings. The maximum atomic E-state index is 10.8. The van der Waals surface area contributed by atoms with E-state index in [4.69, 9.17) is 9.05 Å². The van der Waals surface area contributed by atoms with Gasteiger partial charge in [-0.05, 0) is 5.30 Å². The van der Waals surface area contributed by atoms with E-state index in [0.29, 0.717) is 0 Å². The average molecular weight is 478 g/mol. The molecule has 3 aromatic rings. The summed E-state index contributed by atoms with van der Waals surface area (Å²) in [6.07, 6.45) is 0.948. The van der Waals surface area contributed by atoms with Gasteiger partial charge in [-0.1, -0.05) is 30.3 Å². The molecule has 0 aliphatic carbocycles. The third kappa shape index (κ3) is 13.7. The molecule has 0 fully saturated rings. The third-order valence-corrected chi connectivity index (χ3v) is 8.16. The predicted molar refractivity (Wildman–Crippen MR) is 143 cm³/mol. The van der Waals surface area contributed by atoms with E-state index >= 15 is 0 Å². The molecule has 1 atom stereocenters. The van der Waals surface area contributed by atoms with Crippen molar-refractivity contribution in [1.29, 1.82) is 0 Å². The number of hydrogen-bond acceptors (Lipinski definition) is 4. The van der Waals surface area contributed by atoms with Crippen molar-refractivity contribution in [3.8, 4) is 0 Å². The quantitative estimate of drug-likeness (QED) is 0.523. The van der Waals surface area contributed by atoms with Crippen LogP contribution in [-0.2, 0) is 18.6 Å². The summed E-state index contributed by atoms with van der Waals surface area (Å²) < 4.78 is 10.2. The van der Waals surface area contributed by atoms with Crippen LogP contribution in [0.2, 0.25) is 0 Å². The molecule has 0 saturated carbocycles. The van der Waals surface area contributed by atoms with Crippen LogP contribution in [0, 0.1) is 0 Å². The number of carbonyl (C=O) groups excluding carboxylic acids is 2. The van der Waals surface area contributed by atoms with Crippen molar-refractivity contribution in [2.75, 3.05) is 6.16 Å². The molecule has 31 heavy (non-hydrogen) atoms. The second-order valence-electron chi connectivity index (χ2n) is 6.59. The minimum atomic E-state index is -1.48. The van der Waals surface area contributed by atoms with Crippen molar-refractivity contribution in [3.63, 3.8) is 0 Å². The van der Waals surface area contributed by atoms with Gasteiger partial charge >= 0.3 is 146 Å². The summed E-state index contributed by atoms with van der Waals surface area (Å²) in [7, 11) is 0.342. The van der Waals surface area contributed by atoms with Crippen LogP contribution in [0.4, 0.5) is 0 Å². The van der Waals surface area contributed by atoms with Crippen LogP contribution >= 0.6 is 26.2 Å². The molecule has 3 aromatic carbocycles. The van der Waals surface area contributed by atoms with Crippen LogP contribution in [0.3, 0.4) is 0 Å². The average Bonchev–Trinajstić information content (AvgIpc) is 2.78. The minimum absolute atomic E-state index is 0.164. The Hall–Kier alpha value is -2.11. The van der Waals surface area contributed by atoms with Crippen LogP contribution in [0.25, 0.3) is 0 Å². The van der Waals surface area contributed by atoms with Gasteiger partial charge in [0.2, 0.25) is 0 Å². The molecule has 0 amide bonds. The first-order valence-corrected chi connectivity index (χ1v) is 13.8. The molecule has 0 N–H and O–H groups in total. The fraction of sp³-hybridized carbons (Fsp3) is 0.167. The van der Waals surface area contributed by atoms with Crippen LogP contribution in [0.5, 0.6) is 0 Å². The van der Waals surface area contributed by atoms with E-state index in [1.807, 2.05) is 91.0 Å². The standard InChI is InChI=1S/C10H15O2P.C8H11O2P.C6H7P/c1-3-13(12-9(2)11)10-7-5-4-6-8-10;1-7(9)10-11-8-5-3-2-4-6-8;7-6-4-2-1-3-5-6/h4-8H,3,13H2,1-2H3;2-6H,1,11H3;1-5H,7H2. The van der Waals surface area contributed by atoms with Crippen LogP contribution in [0.1, 0.15) is 20.8 Å². The van der Waals surface area contributed by atoms with E-state index in [9.17, 15) is 9.59 Å². The Morgan fingerprint density at radius 3 is 1.68 bits per heavy atom. The van der Waals surface area contributed by atoms with Gasteiger partial charge < -0.3 is 0 Å². The molecule has 7 heteroatoms. The molecule has 0 aromatic heterocycles. The van der Waals surface area contributed by atoms with Gasteiger partial charge in [0.05, 0.1) is 0 Å².